The first-order chi connectivity index (χ1) is 10.2. The molecule has 0 spiro atoms. The molecule has 1 aliphatic rings. The molecule has 0 aliphatic carbocycles. The molecule has 1 aliphatic heterocycles. The monoisotopic (exact) mass is 353 g/mol. The molecule has 1 saturated heterocycles. The molecule has 2 unspecified atom stereocenters. The van der Waals surface area contributed by atoms with Gasteiger partial charge in [-0.15, -0.1) is 0 Å². The second-order valence-corrected chi connectivity index (χ2v) is 6.15. The Morgan fingerprint density at radius 2 is 2.10 bits per heavy atom. The van der Waals surface area contributed by atoms with Crippen LogP contribution in [-0.4, -0.2) is 23.3 Å². The highest BCUT2D eigenvalue weighted by atomic mass is 79.9. The van der Waals surface area contributed by atoms with Crippen LogP contribution in [0.5, 0.6) is 0 Å². The Balaban J connectivity index is 2.09. The quantitative estimate of drug-likeness (QED) is 0.340. The largest absolute Gasteiger partial charge is 0.369 e. The molecule has 6 heteroatoms. The summed E-state index contributed by atoms with van der Waals surface area (Å²) in [6, 6.07) is 9.70. The summed E-state index contributed by atoms with van der Waals surface area (Å²) in [5, 5.41) is 3.69. The zero-order valence-electron chi connectivity index (χ0n) is 12.2. The average molecular weight is 354 g/mol. The summed E-state index contributed by atoms with van der Waals surface area (Å²) in [5.74, 6) is 0.125. The minimum Gasteiger partial charge on any atom is -0.369 e. The minimum atomic E-state index is -0.293. The van der Waals surface area contributed by atoms with Gasteiger partial charge in [-0.2, -0.15) is 0 Å². The van der Waals surface area contributed by atoms with Gasteiger partial charge in [0.2, 0.25) is 0 Å². The summed E-state index contributed by atoms with van der Waals surface area (Å²) >= 11 is 3.52. The zero-order valence-corrected chi connectivity index (χ0v) is 13.8. The number of nitrogens with zero attached hydrogens (tertiary/aromatic N) is 3. The molecule has 5 nitrogen and oxygen atoms in total. The van der Waals surface area contributed by atoms with E-state index in [1.54, 1.807) is 0 Å². The van der Waals surface area contributed by atoms with Crippen molar-refractivity contribution in [2.75, 3.05) is 0 Å². The van der Waals surface area contributed by atoms with Gasteiger partial charge in [0.15, 0.2) is 0 Å². The average Bonchev–Trinajstić information content (AvgIpc) is 2.51. The van der Waals surface area contributed by atoms with E-state index in [1.165, 1.54) is 0 Å². The number of rotatable bonds is 5. The van der Waals surface area contributed by atoms with Crippen LogP contribution in [0.25, 0.3) is 10.4 Å². The molecule has 0 radical (unpaired) electrons. The third-order valence-electron chi connectivity index (χ3n) is 3.90. The van der Waals surface area contributed by atoms with Gasteiger partial charge >= 0.3 is 0 Å². The van der Waals surface area contributed by atoms with Gasteiger partial charge in [-0.1, -0.05) is 65.2 Å². The van der Waals surface area contributed by atoms with E-state index < -0.39 is 0 Å². The number of benzene rings is 1. The molecule has 2 rings (SSSR count). The second-order valence-electron chi connectivity index (χ2n) is 5.25. The van der Waals surface area contributed by atoms with Crippen molar-refractivity contribution >= 4 is 15.9 Å². The highest BCUT2D eigenvalue weighted by Gasteiger charge is 2.42. The Bertz CT molecular complexity index is 493. The molecule has 1 aromatic carbocycles. The van der Waals surface area contributed by atoms with E-state index in [2.05, 4.69) is 32.9 Å². The maximum Gasteiger partial charge on any atom is 0.139 e. The molecule has 1 aromatic rings. The third kappa shape index (κ3) is 3.98. The number of azide groups is 1. The Hall–Kier alpha value is -1.07. The molecular formula is C15H20BrN3O2. The Morgan fingerprint density at radius 1 is 1.38 bits per heavy atom. The Morgan fingerprint density at radius 3 is 2.71 bits per heavy atom. The molecule has 0 bridgehead atoms. The van der Waals surface area contributed by atoms with Crippen LogP contribution < -0.4 is 0 Å². The van der Waals surface area contributed by atoms with Crippen molar-refractivity contribution in [1.29, 1.82) is 0 Å². The first-order valence-electron chi connectivity index (χ1n) is 7.16. The first-order valence-corrected chi connectivity index (χ1v) is 8.08. The van der Waals surface area contributed by atoms with Gasteiger partial charge < -0.3 is 9.47 Å². The maximum atomic E-state index is 8.83. The normalized spacial score (nSPS) is 32.4. The van der Waals surface area contributed by atoms with Gasteiger partial charge in [0.05, 0.1) is 18.8 Å². The van der Waals surface area contributed by atoms with Gasteiger partial charge in [0.25, 0.3) is 0 Å². The second kappa shape index (κ2) is 7.80. The molecule has 1 fully saturated rings. The van der Waals surface area contributed by atoms with Crippen molar-refractivity contribution in [1.82, 2.24) is 0 Å². The van der Waals surface area contributed by atoms with E-state index in [9.17, 15) is 0 Å². The molecule has 1 heterocycles. The standard InChI is InChI=1S/C15H20BrN3O2/c1-3-12-10(2)13(18-19-17)14(15(16)21-12)20-9-11-7-5-4-6-8-11/h4-8,10,12-15H,3,9H2,1-2H3/t10-,12?,13+,14?,15+/m1/s1. The lowest BCUT2D eigenvalue weighted by Crippen LogP contribution is -2.51. The number of ether oxygens (including phenoxy) is 2. The van der Waals surface area contributed by atoms with Gasteiger partial charge in [-0.05, 0) is 23.4 Å². The van der Waals surface area contributed by atoms with E-state index in [0.29, 0.717) is 6.61 Å². The molecule has 0 aromatic heterocycles. The first kappa shape index (κ1) is 16.3. The van der Waals surface area contributed by atoms with Crippen molar-refractivity contribution in [3.05, 3.63) is 46.3 Å². The predicted octanol–water partition coefficient (Wildman–Crippen LogP) is 4.42. The van der Waals surface area contributed by atoms with Crippen LogP contribution in [0.4, 0.5) is 0 Å². The van der Waals surface area contributed by atoms with Crippen molar-refractivity contribution < 1.29 is 9.47 Å². The number of hydrogen-bond acceptors (Lipinski definition) is 3. The summed E-state index contributed by atoms with van der Waals surface area (Å²) in [4.78, 5) is 2.99. The molecule has 21 heavy (non-hydrogen) atoms. The van der Waals surface area contributed by atoms with Crippen LogP contribution in [0, 0.1) is 5.92 Å². The number of hydrogen-bond donors (Lipinski definition) is 0. The molecule has 0 amide bonds. The lowest BCUT2D eigenvalue weighted by Gasteiger charge is -2.42. The molecule has 0 N–H and O–H groups in total. The van der Waals surface area contributed by atoms with E-state index in [-0.39, 0.29) is 29.2 Å². The van der Waals surface area contributed by atoms with Crippen molar-refractivity contribution in [2.45, 2.75) is 50.1 Å². The fourth-order valence-electron chi connectivity index (χ4n) is 2.68. The number of halogens is 1. The van der Waals surface area contributed by atoms with E-state index >= 15 is 0 Å². The molecule has 5 atom stereocenters. The predicted molar refractivity (Wildman–Crippen MR) is 85.0 cm³/mol. The summed E-state index contributed by atoms with van der Waals surface area (Å²) in [5.41, 5.74) is 9.92. The smallest absolute Gasteiger partial charge is 0.139 e. The van der Waals surface area contributed by atoms with Crippen molar-refractivity contribution in [3.63, 3.8) is 0 Å². The lowest BCUT2D eigenvalue weighted by molar-refractivity contribution is -0.138. The van der Waals surface area contributed by atoms with Gasteiger partial charge in [-0.3, -0.25) is 0 Å². The number of alkyl halides is 1. The summed E-state index contributed by atoms with van der Waals surface area (Å²) in [7, 11) is 0. The van der Waals surface area contributed by atoms with Gasteiger partial charge in [-0.25, -0.2) is 0 Å². The zero-order chi connectivity index (χ0) is 15.2. The van der Waals surface area contributed by atoms with Crippen molar-refractivity contribution in [3.8, 4) is 0 Å². The van der Waals surface area contributed by atoms with Crippen LogP contribution in [0.2, 0.25) is 0 Å². The third-order valence-corrected chi connectivity index (χ3v) is 4.63. The maximum absolute atomic E-state index is 8.83. The topological polar surface area (TPSA) is 67.2 Å². The molecular weight excluding hydrogens is 334 g/mol. The Kier molecular flexibility index (Phi) is 6.06. The van der Waals surface area contributed by atoms with Gasteiger partial charge in [0, 0.05) is 4.91 Å². The minimum absolute atomic E-state index is 0.0708. The van der Waals surface area contributed by atoms with E-state index in [4.69, 9.17) is 15.0 Å². The SMILES string of the molecule is CCC1O[C@H](Br)C(OCc2ccccc2)[C@@H](N=[N+]=[N-])[C@@H]1C. The highest BCUT2D eigenvalue weighted by molar-refractivity contribution is 9.09. The van der Waals surface area contributed by atoms with Crippen LogP contribution >= 0.6 is 15.9 Å². The van der Waals surface area contributed by atoms with Gasteiger partial charge in [0.1, 0.15) is 11.1 Å². The van der Waals surface area contributed by atoms with E-state index in [0.717, 1.165) is 12.0 Å². The van der Waals surface area contributed by atoms with Crippen LogP contribution in [0.15, 0.2) is 35.4 Å². The van der Waals surface area contributed by atoms with Crippen LogP contribution in [0.3, 0.4) is 0 Å². The molecule has 0 saturated carbocycles. The summed E-state index contributed by atoms with van der Waals surface area (Å²) in [6.45, 7) is 4.59. The highest BCUT2D eigenvalue weighted by Crippen LogP contribution is 2.34. The van der Waals surface area contributed by atoms with Crippen molar-refractivity contribution in [2.24, 2.45) is 11.0 Å². The van der Waals surface area contributed by atoms with Crippen LogP contribution in [-0.2, 0) is 16.1 Å². The fourth-order valence-corrected chi connectivity index (χ4v) is 3.42. The lowest BCUT2D eigenvalue weighted by atomic mass is 9.88. The molecule has 114 valence electrons. The summed E-state index contributed by atoms with van der Waals surface area (Å²) < 4.78 is 11.9. The Labute approximate surface area is 133 Å². The van der Waals surface area contributed by atoms with Crippen LogP contribution in [0.1, 0.15) is 25.8 Å². The van der Waals surface area contributed by atoms with E-state index in [1.807, 2.05) is 37.3 Å². The fraction of sp³-hybridized carbons (Fsp3) is 0.600. The summed E-state index contributed by atoms with van der Waals surface area (Å²) in [6.07, 6.45) is 0.659.